The van der Waals surface area contributed by atoms with Crippen LogP contribution >= 0.6 is 19.4 Å². The zero-order valence-electron chi connectivity index (χ0n) is 18.0. The first-order chi connectivity index (χ1) is 15.0. The summed E-state index contributed by atoms with van der Waals surface area (Å²) in [5.41, 5.74) is -0.0936. The first-order valence-corrected chi connectivity index (χ1v) is 12.9. The lowest BCUT2D eigenvalue weighted by molar-refractivity contribution is 0.0362. The lowest BCUT2D eigenvalue weighted by Gasteiger charge is -2.23. The van der Waals surface area contributed by atoms with Gasteiger partial charge in [0.15, 0.2) is 0 Å². The van der Waals surface area contributed by atoms with Gasteiger partial charge in [0.05, 0.1) is 32.6 Å². The third kappa shape index (κ3) is 7.19. The third-order valence-corrected chi connectivity index (χ3v) is 7.99. The SMILES string of the molecule is CCOP(=O)(C[C@H]1CC(Sc2ccccc2)O[C@@H]1COc1nccc(OC)n1)OCC. The summed E-state index contributed by atoms with van der Waals surface area (Å²) in [7, 11) is -1.68. The second kappa shape index (κ2) is 11.8. The molecule has 8 nitrogen and oxygen atoms in total. The maximum absolute atomic E-state index is 13.1. The zero-order chi connectivity index (χ0) is 22.1. The number of hydrogen-bond acceptors (Lipinski definition) is 9. The quantitative estimate of drug-likeness (QED) is 0.413. The van der Waals surface area contributed by atoms with Gasteiger partial charge >= 0.3 is 13.6 Å². The van der Waals surface area contributed by atoms with Gasteiger partial charge in [-0.2, -0.15) is 4.98 Å². The Morgan fingerprint density at radius 2 is 1.90 bits per heavy atom. The van der Waals surface area contributed by atoms with Gasteiger partial charge < -0.3 is 23.3 Å². The summed E-state index contributed by atoms with van der Waals surface area (Å²) in [6.07, 6.45) is 2.25. The van der Waals surface area contributed by atoms with Crippen molar-refractivity contribution in [2.24, 2.45) is 5.92 Å². The number of aromatic nitrogens is 2. The van der Waals surface area contributed by atoms with Crippen molar-refractivity contribution in [2.75, 3.05) is 33.1 Å². The average Bonchev–Trinajstić information content (AvgIpc) is 3.13. The molecule has 1 aliphatic heterocycles. The van der Waals surface area contributed by atoms with Crippen LogP contribution in [0.25, 0.3) is 0 Å². The van der Waals surface area contributed by atoms with Gasteiger partial charge in [0, 0.05) is 23.1 Å². The molecule has 1 saturated heterocycles. The highest BCUT2D eigenvalue weighted by Crippen LogP contribution is 2.53. The van der Waals surface area contributed by atoms with Gasteiger partial charge in [-0.15, -0.1) is 0 Å². The molecule has 2 heterocycles. The highest BCUT2D eigenvalue weighted by atomic mass is 32.2. The van der Waals surface area contributed by atoms with Crippen molar-refractivity contribution in [3.8, 4) is 11.9 Å². The molecule has 1 aliphatic rings. The van der Waals surface area contributed by atoms with Crippen molar-refractivity contribution in [3.05, 3.63) is 42.6 Å². The maximum atomic E-state index is 13.1. The fraction of sp³-hybridized carbons (Fsp3) is 0.524. The molecule has 2 aromatic rings. The van der Waals surface area contributed by atoms with E-state index >= 15 is 0 Å². The molecule has 1 aromatic heterocycles. The Bertz CT molecular complexity index is 849. The van der Waals surface area contributed by atoms with Gasteiger partial charge in [0.25, 0.3) is 0 Å². The molecule has 1 aromatic carbocycles. The summed E-state index contributed by atoms with van der Waals surface area (Å²) in [5, 5.41) is 0. The second-order valence-electron chi connectivity index (χ2n) is 6.85. The Hall–Kier alpha value is -1.64. The molecular weight excluding hydrogens is 439 g/mol. The fourth-order valence-corrected chi connectivity index (χ4v) is 6.53. The summed E-state index contributed by atoms with van der Waals surface area (Å²) >= 11 is 1.64. The predicted molar refractivity (Wildman–Crippen MR) is 119 cm³/mol. The van der Waals surface area contributed by atoms with E-state index in [9.17, 15) is 4.57 Å². The third-order valence-electron chi connectivity index (χ3n) is 4.66. The van der Waals surface area contributed by atoms with Crippen LogP contribution in [-0.4, -0.2) is 54.6 Å². The minimum absolute atomic E-state index is 0.0595. The van der Waals surface area contributed by atoms with Crippen LogP contribution in [0, 0.1) is 5.92 Å². The first kappa shape index (κ1) is 24.0. The minimum Gasteiger partial charge on any atom is -0.481 e. The van der Waals surface area contributed by atoms with Crippen LogP contribution in [0.2, 0.25) is 0 Å². The number of hydrogen-bond donors (Lipinski definition) is 0. The van der Waals surface area contributed by atoms with Crippen LogP contribution < -0.4 is 9.47 Å². The molecule has 0 N–H and O–H groups in total. The van der Waals surface area contributed by atoms with Crippen LogP contribution in [0.1, 0.15) is 20.3 Å². The van der Waals surface area contributed by atoms with Crippen molar-refractivity contribution < 1.29 is 27.8 Å². The second-order valence-corrected chi connectivity index (χ2v) is 10.2. The fourth-order valence-electron chi connectivity index (χ4n) is 3.34. The Balaban J connectivity index is 1.70. The van der Waals surface area contributed by atoms with E-state index in [-0.39, 0.29) is 36.2 Å². The summed E-state index contributed by atoms with van der Waals surface area (Å²) in [5.74, 6) is 0.361. The lowest BCUT2D eigenvalue weighted by atomic mass is 10.1. The van der Waals surface area contributed by atoms with Gasteiger partial charge in [-0.25, -0.2) is 4.98 Å². The monoisotopic (exact) mass is 468 g/mol. The van der Waals surface area contributed by atoms with Crippen molar-refractivity contribution in [1.29, 1.82) is 0 Å². The first-order valence-electron chi connectivity index (χ1n) is 10.3. The topological polar surface area (TPSA) is 89.0 Å². The van der Waals surface area contributed by atoms with Gasteiger partial charge in [-0.3, -0.25) is 4.57 Å². The number of ether oxygens (including phenoxy) is 3. The molecule has 3 atom stereocenters. The van der Waals surface area contributed by atoms with Crippen LogP contribution in [0.4, 0.5) is 0 Å². The maximum Gasteiger partial charge on any atom is 0.331 e. The van der Waals surface area contributed by atoms with Crippen molar-refractivity contribution >= 4 is 19.4 Å². The molecule has 1 fully saturated rings. The van der Waals surface area contributed by atoms with Crippen LogP contribution in [0.3, 0.4) is 0 Å². The molecule has 0 amide bonds. The van der Waals surface area contributed by atoms with Crippen molar-refractivity contribution in [2.45, 2.75) is 36.7 Å². The molecule has 1 unspecified atom stereocenters. The van der Waals surface area contributed by atoms with E-state index in [1.807, 2.05) is 44.2 Å². The number of thioether (sulfide) groups is 1. The molecule has 3 rings (SSSR count). The molecule has 0 spiro atoms. The van der Waals surface area contributed by atoms with E-state index in [1.165, 1.54) is 7.11 Å². The highest BCUT2D eigenvalue weighted by Gasteiger charge is 2.41. The normalized spacial score (nSPS) is 21.2. The number of methoxy groups -OCH3 is 1. The number of benzene rings is 1. The van der Waals surface area contributed by atoms with Crippen LogP contribution in [-0.2, 0) is 18.3 Å². The lowest BCUT2D eigenvalue weighted by Crippen LogP contribution is -2.27. The molecule has 31 heavy (non-hydrogen) atoms. The standard InChI is InChI=1S/C21H29N2O6PS/c1-4-27-30(24,28-5-2)15-16-13-20(31-17-9-7-6-8-10-17)29-18(16)14-26-21-22-12-11-19(23-21)25-3/h6-12,16,18,20H,4-5,13-15H2,1-3H3/t16-,18-,20?/m1/s1. The minimum atomic E-state index is -3.22. The Kier molecular flexibility index (Phi) is 9.16. The molecular formula is C21H29N2O6PS. The highest BCUT2D eigenvalue weighted by molar-refractivity contribution is 7.99. The van der Waals surface area contributed by atoms with E-state index in [0.717, 1.165) is 4.90 Å². The molecule has 0 radical (unpaired) electrons. The molecule has 0 saturated carbocycles. The van der Waals surface area contributed by atoms with E-state index in [1.54, 1.807) is 24.0 Å². The van der Waals surface area contributed by atoms with Gasteiger partial charge in [-0.05, 0) is 32.4 Å². The van der Waals surface area contributed by atoms with E-state index in [0.29, 0.717) is 25.5 Å². The smallest absolute Gasteiger partial charge is 0.331 e. The van der Waals surface area contributed by atoms with E-state index in [2.05, 4.69) is 9.97 Å². The summed E-state index contributed by atoms with van der Waals surface area (Å²) in [6, 6.07) is 11.9. The average molecular weight is 469 g/mol. The zero-order valence-corrected chi connectivity index (χ0v) is 19.7. The summed E-state index contributed by atoms with van der Waals surface area (Å²) < 4.78 is 41.4. The van der Waals surface area contributed by atoms with Crippen molar-refractivity contribution in [3.63, 3.8) is 0 Å². The molecule has 10 heteroatoms. The number of rotatable bonds is 12. The summed E-state index contributed by atoms with van der Waals surface area (Å²) in [4.78, 5) is 9.41. The summed E-state index contributed by atoms with van der Waals surface area (Å²) in [6.45, 7) is 4.50. The Labute approximate surface area is 187 Å². The van der Waals surface area contributed by atoms with Crippen molar-refractivity contribution in [1.82, 2.24) is 9.97 Å². The largest absolute Gasteiger partial charge is 0.481 e. The van der Waals surface area contributed by atoms with Gasteiger partial charge in [0.2, 0.25) is 5.88 Å². The van der Waals surface area contributed by atoms with Crippen LogP contribution in [0.15, 0.2) is 47.5 Å². The molecule has 0 bridgehead atoms. The predicted octanol–water partition coefficient (Wildman–Crippen LogP) is 4.65. The molecule has 170 valence electrons. The van der Waals surface area contributed by atoms with Gasteiger partial charge in [-0.1, -0.05) is 30.0 Å². The van der Waals surface area contributed by atoms with E-state index in [4.69, 9.17) is 23.3 Å². The van der Waals surface area contributed by atoms with Crippen LogP contribution in [0.5, 0.6) is 11.9 Å². The van der Waals surface area contributed by atoms with Gasteiger partial charge in [0.1, 0.15) is 12.0 Å². The van der Waals surface area contributed by atoms with E-state index < -0.39 is 7.60 Å². The Morgan fingerprint density at radius 1 is 1.16 bits per heavy atom. The Morgan fingerprint density at radius 3 is 2.58 bits per heavy atom. The molecule has 0 aliphatic carbocycles. The number of nitrogens with zero attached hydrogens (tertiary/aromatic N) is 2.